The number of carbonyl (C=O) groups excluding carboxylic acids is 4. The maximum atomic E-state index is 12.9. The van der Waals surface area contributed by atoms with Crippen molar-refractivity contribution in [3.63, 3.8) is 0 Å². The SMILES string of the molecule is CC(C(=O)NCC(=O)O)N1CCN(CC(=O)OC(C)(C)C)CCN(CC(=O)OC(C)(C)C)CCN(CC(=O)OC(C)(C)C)CC1. The third kappa shape index (κ3) is 19.3. The molecule has 14 heteroatoms. The molecule has 1 unspecified atom stereocenters. The Morgan fingerprint density at radius 1 is 0.600 bits per heavy atom. The van der Waals surface area contributed by atoms with E-state index in [2.05, 4.69) is 5.32 Å². The topological polar surface area (TPSA) is 158 Å². The van der Waals surface area contributed by atoms with Crippen LogP contribution in [0, 0.1) is 0 Å². The summed E-state index contributed by atoms with van der Waals surface area (Å²) < 4.78 is 16.7. The summed E-state index contributed by atoms with van der Waals surface area (Å²) >= 11 is 0. The first-order valence-corrected chi connectivity index (χ1v) is 15.6. The standard InChI is InChI=1S/C31H57N5O9/c1-23(28(42)32-19-24(37)38)36-17-15-34(21-26(40)44-30(5,6)7)13-11-33(20-25(39)43-29(2,3)4)12-14-35(16-18-36)22-27(41)45-31(8,9)10/h23H,11-22H2,1-10H3,(H,32,42)(H,37,38). The second-order valence-corrected chi connectivity index (χ2v) is 14.4. The van der Waals surface area contributed by atoms with E-state index in [0.717, 1.165) is 0 Å². The summed E-state index contributed by atoms with van der Waals surface area (Å²) in [5.41, 5.74) is -1.97. The molecule has 0 aliphatic carbocycles. The molecular formula is C31H57N5O9. The largest absolute Gasteiger partial charge is 0.480 e. The summed E-state index contributed by atoms with van der Waals surface area (Å²) in [6.45, 7) is 20.7. The van der Waals surface area contributed by atoms with E-state index in [0.29, 0.717) is 52.4 Å². The number of nitrogens with one attached hydrogen (secondary N) is 1. The number of hydrogen-bond acceptors (Lipinski definition) is 12. The second kappa shape index (κ2) is 17.8. The van der Waals surface area contributed by atoms with E-state index < -0.39 is 53.2 Å². The molecule has 0 spiro atoms. The van der Waals surface area contributed by atoms with Gasteiger partial charge >= 0.3 is 23.9 Å². The zero-order valence-electron chi connectivity index (χ0n) is 29.1. The van der Waals surface area contributed by atoms with E-state index in [1.54, 1.807) is 69.2 Å². The van der Waals surface area contributed by atoms with Crippen LogP contribution < -0.4 is 5.32 Å². The quantitative estimate of drug-likeness (QED) is 0.255. The van der Waals surface area contributed by atoms with Gasteiger partial charge in [0, 0.05) is 52.4 Å². The molecule has 0 aromatic rings. The predicted octanol–water partition coefficient (Wildman–Crippen LogP) is 0.822. The molecule has 1 aliphatic rings. The maximum Gasteiger partial charge on any atom is 0.322 e. The molecule has 1 heterocycles. The van der Waals surface area contributed by atoms with E-state index in [9.17, 15) is 24.0 Å². The molecule has 1 atom stereocenters. The van der Waals surface area contributed by atoms with Gasteiger partial charge in [0.1, 0.15) is 23.3 Å². The van der Waals surface area contributed by atoms with Crippen molar-refractivity contribution in [1.29, 1.82) is 0 Å². The minimum Gasteiger partial charge on any atom is -0.480 e. The minimum absolute atomic E-state index is 0.00967. The van der Waals surface area contributed by atoms with E-state index in [-0.39, 0.29) is 25.6 Å². The zero-order valence-corrected chi connectivity index (χ0v) is 29.1. The number of esters is 3. The lowest BCUT2D eigenvalue weighted by Crippen LogP contribution is -2.53. The number of rotatable bonds is 10. The van der Waals surface area contributed by atoms with E-state index >= 15 is 0 Å². The van der Waals surface area contributed by atoms with Crippen LogP contribution in [0.15, 0.2) is 0 Å². The van der Waals surface area contributed by atoms with Crippen LogP contribution in [0.4, 0.5) is 0 Å². The first-order valence-electron chi connectivity index (χ1n) is 15.6. The van der Waals surface area contributed by atoms with Crippen molar-refractivity contribution < 1.29 is 43.3 Å². The van der Waals surface area contributed by atoms with Crippen molar-refractivity contribution in [3.8, 4) is 0 Å². The van der Waals surface area contributed by atoms with Crippen LogP contribution in [0.1, 0.15) is 69.2 Å². The van der Waals surface area contributed by atoms with Crippen LogP contribution in [-0.4, -0.2) is 156 Å². The van der Waals surface area contributed by atoms with Crippen molar-refractivity contribution in [2.24, 2.45) is 0 Å². The number of aliphatic carboxylic acids is 1. The Kier molecular flexibility index (Phi) is 15.9. The van der Waals surface area contributed by atoms with Crippen LogP contribution in [0.2, 0.25) is 0 Å². The van der Waals surface area contributed by atoms with Crippen molar-refractivity contribution >= 4 is 29.8 Å². The van der Waals surface area contributed by atoms with E-state index in [1.807, 2.05) is 19.6 Å². The molecule has 0 aromatic carbocycles. The van der Waals surface area contributed by atoms with Gasteiger partial charge in [-0.25, -0.2) is 0 Å². The Labute approximate surface area is 268 Å². The Morgan fingerprint density at radius 2 is 0.889 bits per heavy atom. The Bertz CT molecular complexity index is 955. The van der Waals surface area contributed by atoms with Crippen molar-refractivity contribution in [1.82, 2.24) is 24.9 Å². The van der Waals surface area contributed by atoms with Crippen molar-refractivity contribution in [2.45, 2.75) is 92.1 Å². The second-order valence-electron chi connectivity index (χ2n) is 14.4. The average Bonchev–Trinajstić information content (AvgIpc) is 2.83. The molecule has 2 N–H and O–H groups in total. The molecule has 1 saturated heterocycles. The fraction of sp³-hybridized carbons (Fsp3) is 0.839. The number of carbonyl (C=O) groups is 5. The molecule has 0 bridgehead atoms. The first-order chi connectivity index (χ1) is 20.5. The number of hydrogen-bond donors (Lipinski definition) is 2. The molecule has 260 valence electrons. The summed E-state index contributed by atoms with van der Waals surface area (Å²) in [5.74, 6) is -2.75. The number of ether oxygens (including phenoxy) is 3. The highest BCUT2D eigenvalue weighted by Gasteiger charge is 2.28. The van der Waals surface area contributed by atoms with E-state index in [4.69, 9.17) is 19.3 Å². The van der Waals surface area contributed by atoms with Crippen LogP contribution in [0.5, 0.6) is 0 Å². The lowest BCUT2D eigenvalue weighted by Gasteiger charge is -2.36. The van der Waals surface area contributed by atoms with Gasteiger partial charge in [0.15, 0.2) is 0 Å². The van der Waals surface area contributed by atoms with Crippen LogP contribution in [-0.2, 0) is 38.2 Å². The summed E-state index contributed by atoms with van der Waals surface area (Å²) in [6.07, 6.45) is 0. The predicted molar refractivity (Wildman–Crippen MR) is 169 cm³/mol. The fourth-order valence-corrected chi connectivity index (χ4v) is 4.56. The van der Waals surface area contributed by atoms with E-state index in [1.165, 1.54) is 0 Å². The van der Waals surface area contributed by atoms with Crippen LogP contribution in [0.3, 0.4) is 0 Å². The summed E-state index contributed by atoms with van der Waals surface area (Å²) in [5, 5.41) is 11.5. The van der Waals surface area contributed by atoms with Gasteiger partial charge < -0.3 is 24.6 Å². The Morgan fingerprint density at radius 3 is 1.16 bits per heavy atom. The molecular weight excluding hydrogens is 586 g/mol. The van der Waals surface area contributed by atoms with Crippen LogP contribution >= 0.6 is 0 Å². The number of carboxylic acids is 1. The lowest BCUT2D eigenvalue weighted by molar-refractivity contribution is -0.158. The minimum atomic E-state index is -1.15. The summed E-state index contributed by atoms with van der Waals surface area (Å²) in [4.78, 5) is 70.0. The highest BCUT2D eigenvalue weighted by atomic mass is 16.6. The summed E-state index contributed by atoms with van der Waals surface area (Å²) in [6, 6.07) is -0.678. The molecule has 1 amide bonds. The first kappa shape index (κ1) is 40.2. The van der Waals surface area contributed by atoms with Crippen LogP contribution in [0.25, 0.3) is 0 Å². The average molecular weight is 644 g/mol. The smallest absolute Gasteiger partial charge is 0.322 e. The molecule has 1 rings (SSSR count). The third-order valence-electron chi connectivity index (χ3n) is 6.53. The van der Waals surface area contributed by atoms with Gasteiger partial charge in [-0.05, 0) is 69.2 Å². The molecule has 1 fully saturated rings. The highest BCUT2D eigenvalue weighted by molar-refractivity contribution is 5.84. The van der Waals surface area contributed by atoms with Gasteiger partial charge in [0.05, 0.1) is 25.7 Å². The highest BCUT2D eigenvalue weighted by Crippen LogP contribution is 2.12. The van der Waals surface area contributed by atoms with Gasteiger partial charge in [-0.15, -0.1) is 0 Å². The van der Waals surface area contributed by atoms with Crippen molar-refractivity contribution in [2.75, 3.05) is 78.5 Å². The van der Waals surface area contributed by atoms with Gasteiger partial charge in [0.2, 0.25) is 5.91 Å². The molecule has 45 heavy (non-hydrogen) atoms. The number of carboxylic acid groups (broad SMARTS) is 1. The van der Waals surface area contributed by atoms with Gasteiger partial charge in [-0.1, -0.05) is 0 Å². The molecule has 0 radical (unpaired) electrons. The summed E-state index contributed by atoms with van der Waals surface area (Å²) in [7, 11) is 0. The molecule has 0 saturated carbocycles. The molecule has 14 nitrogen and oxygen atoms in total. The van der Waals surface area contributed by atoms with Gasteiger partial charge in [-0.2, -0.15) is 0 Å². The fourth-order valence-electron chi connectivity index (χ4n) is 4.56. The Balaban J connectivity index is 3.29. The molecule has 0 aromatic heterocycles. The van der Waals surface area contributed by atoms with Gasteiger partial charge in [-0.3, -0.25) is 43.6 Å². The monoisotopic (exact) mass is 643 g/mol. The normalized spacial score (nSPS) is 18.2. The van der Waals surface area contributed by atoms with Crippen molar-refractivity contribution in [3.05, 3.63) is 0 Å². The zero-order chi connectivity index (χ0) is 34.6. The van der Waals surface area contributed by atoms with Gasteiger partial charge in [0.25, 0.3) is 0 Å². The number of nitrogens with zero attached hydrogens (tertiary/aromatic N) is 4. The lowest BCUT2D eigenvalue weighted by atomic mass is 10.2. The Hall–Kier alpha value is -2.81. The maximum absolute atomic E-state index is 12.9. The third-order valence-corrected chi connectivity index (χ3v) is 6.53. The molecule has 1 aliphatic heterocycles. The number of amides is 1.